The van der Waals surface area contributed by atoms with E-state index >= 15 is 0 Å². The van der Waals surface area contributed by atoms with Crippen molar-refractivity contribution < 1.29 is 23.5 Å². The Bertz CT molecular complexity index is 485. The van der Waals surface area contributed by atoms with Gasteiger partial charge in [0.25, 0.3) is 0 Å². The summed E-state index contributed by atoms with van der Waals surface area (Å²) in [6.07, 6.45) is 0.726. The first-order valence-corrected chi connectivity index (χ1v) is 8.56. The van der Waals surface area contributed by atoms with Crippen LogP contribution in [0.25, 0.3) is 0 Å². The van der Waals surface area contributed by atoms with Crippen LogP contribution in [0.2, 0.25) is 0 Å². The zero-order valence-electron chi connectivity index (χ0n) is 12.4. The Hall–Kier alpha value is -1.36. The minimum Gasteiger partial charge on any atom is -0.601 e. The number of nitrogens with one attached hydrogen (secondary N) is 1. The van der Waals surface area contributed by atoms with Gasteiger partial charge in [-0.2, -0.15) is 0 Å². The van der Waals surface area contributed by atoms with Crippen molar-refractivity contribution in [3.63, 3.8) is 0 Å². The molecule has 116 valence electrons. The molecule has 0 aromatic heterocycles. The van der Waals surface area contributed by atoms with Crippen LogP contribution in [-0.2, 0) is 9.53 Å². The smallest absolute Gasteiger partial charge is 0.410 e. The van der Waals surface area contributed by atoms with Gasteiger partial charge in [-0.25, -0.2) is 0 Å². The normalized spacial score (nSPS) is 18.1. The Labute approximate surface area is 125 Å². The first kappa shape index (κ1) is 16.0. The molecule has 21 heavy (non-hydrogen) atoms. The molecule has 0 amide bonds. The van der Waals surface area contributed by atoms with Gasteiger partial charge in [0, 0.05) is 0 Å². The fourth-order valence-corrected chi connectivity index (χ4v) is 3.64. The number of fused-ring (bicyclic) bond motifs is 1. The van der Waals surface area contributed by atoms with Crippen LogP contribution < -0.4 is 19.0 Å². The number of esters is 1. The quantitative estimate of drug-likeness (QED) is 0.639. The molecule has 0 bridgehead atoms. The molecule has 2 atom stereocenters. The van der Waals surface area contributed by atoms with E-state index in [0.29, 0.717) is 11.5 Å². The maximum absolute atomic E-state index is 12.6. The Morgan fingerprint density at radius 2 is 1.90 bits per heavy atom. The molecule has 1 N–H and O–H groups in total. The second kappa shape index (κ2) is 6.60. The molecule has 1 aliphatic rings. The lowest BCUT2D eigenvalue weighted by atomic mass is 10.0. The van der Waals surface area contributed by atoms with Crippen LogP contribution in [0.4, 0.5) is 0 Å². The van der Waals surface area contributed by atoms with Crippen LogP contribution in [0.5, 0.6) is 11.5 Å². The van der Waals surface area contributed by atoms with Gasteiger partial charge in [0.1, 0.15) is 6.04 Å². The van der Waals surface area contributed by atoms with Crippen LogP contribution in [-0.4, -0.2) is 18.6 Å². The summed E-state index contributed by atoms with van der Waals surface area (Å²) in [6, 6.07) is 6.11. The van der Waals surface area contributed by atoms with E-state index in [-0.39, 0.29) is 12.5 Å². The van der Waals surface area contributed by atoms with Crippen LogP contribution in [0.1, 0.15) is 27.2 Å². The van der Waals surface area contributed by atoms with E-state index in [0.717, 1.165) is 6.42 Å². The minimum absolute atomic E-state index is 0.0641. The van der Waals surface area contributed by atoms with Gasteiger partial charge in [0.2, 0.25) is 11.5 Å². The first-order valence-electron chi connectivity index (χ1n) is 7.01. The van der Waals surface area contributed by atoms with Gasteiger partial charge in [-0.1, -0.05) is 32.4 Å². The van der Waals surface area contributed by atoms with E-state index in [2.05, 4.69) is 5.09 Å². The molecule has 1 aliphatic heterocycles. The molecule has 1 aromatic rings. The second-order valence-electron chi connectivity index (χ2n) is 4.87. The summed E-state index contributed by atoms with van der Waals surface area (Å²) in [5.74, 6) is 0.288. The lowest BCUT2D eigenvalue weighted by Gasteiger charge is -2.27. The van der Waals surface area contributed by atoms with Crippen LogP contribution in [0.3, 0.4) is 0 Å². The summed E-state index contributed by atoms with van der Waals surface area (Å²) in [5, 5.41) is 2.71. The summed E-state index contributed by atoms with van der Waals surface area (Å²) >= 11 is 0. The second-order valence-corrected chi connectivity index (χ2v) is 6.49. The van der Waals surface area contributed by atoms with Gasteiger partial charge in [-0.05, 0) is 25.0 Å². The molecule has 0 unspecified atom stereocenters. The molecular formula is C14H20NO5P. The van der Waals surface area contributed by atoms with Crippen molar-refractivity contribution in [1.29, 1.82) is 0 Å². The summed E-state index contributed by atoms with van der Waals surface area (Å²) in [4.78, 5) is 24.7. The van der Waals surface area contributed by atoms with Gasteiger partial charge < -0.3 is 9.63 Å². The van der Waals surface area contributed by atoms with E-state index in [4.69, 9.17) is 13.8 Å². The van der Waals surface area contributed by atoms with Crippen molar-refractivity contribution in [2.45, 2.75) is 33.2 Å². The van der Waals surface area contributed by atoms with Gasteiger partial charge >= 0.3 is 14.1 Å². The number of carbonyl (C=O) groups is 1. The van der Waals surface area contributed by atoms with Crippen molar-refractivity contribution in [3.8, 4) is 11.5 Å². The van der Waals surface area contributed by atoms with Crippen molar-refractivity contribution in [3.05, 3.63) is 24.3 Å². The van der Waals surface area contributed by atoms with Crippen LogP contribution in [0.15, 0.2) is 24.3 Å². The molecule has 1 heterocycles. The number of ether oxygens (including phenoxy) is 1. The molecular weight excluding hydrogens is 293 g/mol. The van der Waals surface area contributed by atoms with Crippen molar-refractivity contribution in [1.82, 2.24) is 5.09 Å². The van der Waals surface area contributed by atoms with Crippen molar-refractivity contribution in [2.24, 2.45) is 5.92 Å². The minimum atomic E-state index is -3.60. The van der Waals surface area contributed by atoms with E-state index in [1.165, 1.54) is 0 Å². The number of hydrogen-bond acceptors (Lipinski definition) is 6. The fourth-order valence-electron chi connectivity index (χ4n) is 1.98. The molecule has 6 nitrogen and oxygen atoms in total. The first-order chi connectivity index (χ1) is 9.99. The Balaban J connectivity index is 2.12. The third kappa shape index (κ3) is 3.64. The molecule has 2 rings (SSSR count). The van der Waals surface area contributed by atoms with Crippen LogP contribution >= 0.6 is 8.09 Å². The molecule has 0 spiro atoms. The third-order valence-electron chi connectivity index (χ3n) is 3.34. The van der Waals surface area contributed by atoms with E-state index in [1.54, 1.807) is 31.2 Å². The lowest BCUT2D eigenvalue weighted by Crippen LogP contribution is -2.47. The molecule has 7 heteroatoms. The maximum atomic E-state index is 12.6. The fraction of sp³-hybridized carbons (Fsp3) is 0.500. The Morgan fingerprint density at radius 1 is 1.33 bits per heavy atom. The number of benzene rings is 1. The Kier molecular flexibility index (Phi) is 5.04. The largest absolute Gasteiger partial charge is 0.601 e. The number of para-hydroxylation sites is 2. The van der Waals surface area contributed by atoms with Crippen LogP contribution in [0, 0.1) is 5.92 Å². The number of rotatable bonds is 6. The lowest BCUT2D eigenvalue weighted by molar-refractivity contribution is -0.205. The highest BCUT2D eigenvalue weighted by Crippen LogP contribution is 2.58. The van der Waals surface area contributed by atoms with Gasteiger partial charge in [-0.15, -0.1) is 5.09 Å². The highest BCUT2D eigenvalue weighted by atomic mass is 31.2. The topological polar surface area (TPSA) is 79.9 Å². The predicted molar refractivity (Wildman–Crippen MR) is 77.6 cm³/mol. The zero-order chi connectivity index (χ0) is 15.5. The molecule has 0 radical (unpaired) electrons. The number of carbonyl (C=O) groups excluding carboxylic acids is 1. The highest BCUT2D eigenvalue weighted by Gasteiger charge is 2.47. The van der Waals surface area contributed by atoms with Crippen molar-refractivity contribution >= 4 is 14.1 Å². The van der Waals surface area contributed by atoms with Gasteiger partial charge in [0.15, 0.2) is 0 Å². The number of hydrogen-bond donors (Lipinski definition) is 1. The maximum Gasteiger partial charge on any atom is 0.410 e. The van der Waals surface area contributed by atoms with E-state index in [1.807, 2.05) is 13.8 Å². The SMILES string of the molecule is CCOC(=O)[C@@H](N[P+]1([O-])Oc2ccccc2O1)[C@@H](C)CC. The van der Waals surface area contributed by atoms with E-state index < -0.39 is 20.1 Å². The average molecular weight is 313 g/mol. The summed E-state index contributed by atoms with van der Waals surface area (Å²) in [6.45, 7) is 5.81. The Morgan fingerprint density at radius 3 is 2.38 bits per heavy atom. The summed E-state index contributed by atoms with van der Waals surface area (Å²) in [7, 11) is -3.60. The molecule has 1 aromatic carbocycles. The molecule has 0 aliphatic carbocycles. The molecule has 0 saturated heterocycles. The summed E-state index contributed by atoms with van der Waals surface area (Å²) in [5.41, 5.74) is 0. The predicted octanol–water partition coefficient (Wildman–Crippen LogP) is 2.06. The average Bonchev–Trinajstić information content (AvgIpc) is 2.80. The molecule has 0 fully saturated rings. The monoisotopic (exact) mass is 313 g/mol. The van der Waals surface area contributed by atoms with Gasteiger partial charge in [-0.3, -0.25) is 13.8 Å². The molecule has 0 saturated carbocycles. The van der Waals surface area contributed by atoms with E-state index in [9.17, 15) is 9.69 Å². The zero-order valence-corrected chi connectivity index (χ0v) is 13.3. The summed E-state index contributed by atoms with van der Waals surface area (Å²) < 4.78 is 15.8. The van der Waals surface area contributed by atoms with Crippen molar-refractivity contribution in [2.75, 3.05) is 6.61 Å². The van der Waals surface area contributed by atoms with Gasteiger partial charge in [0.05, 0.1) is 6.61 Å². The third-order valence-corrected chi connectivity index (χ3v) is 4.81. The standard InChI is InChI=1S/C14H20NO5P/c1-4-10(3)13(14(16)18-5-2)15-21(17)19-11-8-6-7-9-12(11)20-21/h6-10,13H,4-5H2,1-3H3,(H,15,17)/t10-,13-/m0/s1. The highest BCUT2D eigenvalue weighted by molar-refractivity contribution is 7.58.